The van der Waals surface area contributed by atoms with E-state index >= 15 is 0 Å². The van der Waals surface area contributed by atoms with Crippen LogP contribution in [0.15, 0.2) is 206 Å². The maximum atomic E-state index is 9.11. The SMILES string of the molecule is [2H]C([2H])([2H])c1cccc2c1nc1n(-c3cc(C)c4nc5n(-c6cccc([Si](c7ccccc7)(c7ccccc7)c7cccc8c7Oc7ccccc7C8(C)C([2H])([2H])[2H])c6)c6ccccc6n5c4c3)c3ccccc3n21. The number of para-hydroxylation sites is 7. The number of fused-ring (bicyclic) bond motifs is 12. The molecule has 1 unspecified atom stereocenters. The zero-order valence-corrected chi connectivity index (χ0v) is 38.7. The van der Waals surface area contributed by atoms with Crippen molar-refractivity contribution < 1.29 is 13.0 Å². The van der Waals surface area contributed by atoms with Crippen molar-refractivity contribution >= 4 is 84.5 Å². The first-order chi connectivity index (χ1) is 36.3. The van der Waals surface area contributed by atoms with Crippen molar-refractivity contribution in [2.75, 3.05) is 0 Å². The van der Waals surface area contributed by atoms with Gasteiger partial charge in [-0.2, -0.15) is 0 Å². The molecule has 0 radical (unpaired) electrons. The Labute approximate surface area is 408 Å². The van der Waals surface area contributed by atoms with Gasteiger partial charge in [-0.15, -0.1) is 0 Å². The molecule has 0 saturated carbocycles. The van der Waals surface area contributed by atoms with Crippen molar-refractivity contribution in [3.63, 3.8) is 0 Å². The Hall–Kier alpha value is -8.46. The lowest BCUT2D eigenvalue weighted by Crippen LogP contribution is -2.75. The summed E-state index contributed by atoms with van der Waals surface area (Å²) in [7, 11) is -3.44. The van der Waals surface area contributed by atoms with Crippen LogP contribution in [0.1, 0.15) is 44.3 Å². The van der Waals surface area contributed by atoms with Crippen LogP contribution in [0.4, 0.5) is 0 Å². The van der Waals surface area contributed by atoms with E-state index in [9.17, 15) is 0 Å². The molecule has 330 valence electrons. The van der Waals surface area contributed by atoms with E-state index in [1.807, 2.05) is 79.7 Å². The Bertz CT molecular complexity index is 4440. The highest BCUT2D eigenvalue weighted by Gasteiger charge is 2.47. The molecule has 1 atom stereocenters. The van der Waals surface area contributed by atoms with Crippen molar-refractivity contribution in [3.05, 3.63) is 229 Å². The molecular formula is C61H46N6OSi. The third-order valence-corrected chi connectivity index (χ3v) is 19.3. The summed E-state index contributed by atoms with van der Waals surface area (Å²) in [5, 5.41) is 4.25. The lowest BCUT2D eigenvalue weighted by molar-refractivity contribution is 0.421. The second-order valence-electron chi connectivity index (χ2n) is 18.4. The molecule has 0 spiro atoms. The quantitative estimate of drug-likeness (QED) is 0.123. The summed E-state index contributed by atoms with van der Waals surface area (Å²) in [5.74, 6) is 2.46. The minimum absolute atomic E-state index is 0.214. The van der Waals surface area contributed by atoms with Crippen molar-refractivity contribution in [3.8, 4) is 22.9 Å². The van der Waals surface area contributed by atoms with Crippen molar-refractivity contribution in [2.24, 2.45) is 0 Å². The van der Waals surface area contributed by atoms with Crippen molar-refractivity contribution in [1.82, 2.24) is 27.9 Å². The average Bonchev–Trinajstić information content (AvgIpc) is 4.30. The zero-order chi connectivity index (χ0) is 51.2. The third-order valence-electron chi connectivity index (χ3n) is 14.5. The topological polar surface area (TPSA) is 53.7 Å². The predicted octanol–water partition coefficient (Wildman–Crippen LogP) is 11.6. The van der Waals surface area contributed by atoms with Gasteiger partial charge in [0.2, 0.25) is 11.6 Å². The second-order valence-corrected chi connectivity index (χ2v) is 22.2. The minimum atomic E-state index is -3.44. The van der Waals surface area contributed by atoms with E-state index in [0.717, 1.165) is 82.1 Å². The fraction of sp³-hybridized carbons (Fsp3) is 0.0820. The van der Waals surface area contributed by atoms with Gasteiger partial charge in [0.15, 0.2) is 8.07 Å². The highest BCUT2D eigenvalue weighted by molar-refractivity contribution is 7.20. The number of hydrogen-bond donors (Lipinski definition) is 0. The number of nitrogens with zero attached hydrogens (tertiary/aromatic N) is 6. The van der Waals surface area contributed by atoms with E-state index in [1.54, 1.807) is 12.1 Å². The highest BCUT2D eigenvalue weighted by Crippen LogP contribution is 2.47. The van der Waals surface area contributed by atoms with Crippen LogP contribution in [0.25, 0.3) is 67.1 Å². The van der Waals surface area contributed by atoms with Crippen LogP contribution >= 0.6 is 0 Å². The fourth-order valence-electron chi connectivity index (χ4n) is 11.5. The Morgan fingerprint density at radius 1 is 0.478 bits per heavy atom. The number of ether oxygens (including phenoxy) is 1. The summed E-state index contributed by atoms with van der Waals surface area (Å²) < 4.78 is 68.2. The molecule has 1 aliphatic heterocycles. The van der Waals surface area contributed by atoms with Gasteiger partial charge in [-0.3, -0.25) is 17.9 Å². The molecule has 0 saturated heterocycles. The molecule has 0 N–H and O–H groups in total. The van der Waals surface area contributed by atoms with Gasteiger partial charge in [0.1, 0.15) is 11.5 Å². The number of aromatic nitrogens is 6. The number of hydrogen-bond acceptors (Lipinski definition) is 3. The first kappa shape index (κ1) is 33.9. The van der Waals surface area contributed by atoms with E-state index < -0.39 is 27.2 Å². The Balaban J connectivity index is 1.02. The van der Waals surface area contributed by atoms with Crippen LogP contribution in [0, 0.1) is 13.8 Å². The highest BCUT2D eigenvalue weighted by atomic mass is 28.3. The van der Waals surface area contributed by atoms with Gasteiger partial charge < -0.3 is 4.74 Å². The summed E-state index contributed by atoms with van der Waals surface area (Å²) >= 11 is 0. The van der Waals surface area contributed by atoms with Gasteiger partial charge in [-0.25, -0.2) is 9.97 Å². The smallest absolute Gasteiger partial charge is 0.220 e. The second kappa shape index (κ2) is 14.5. The molecule has 0 bridgehead atoms. The lowest BCUT2D eigenvalue weighted by atomic mass is 9.76. The van der Waals surface area contributed by atoms with Crippen molar-refractivity contribution in [2.45, 2.75) is 33.0 Å². The molecule has 5 heterocycles. The summed E-state index contributed by atoms with van der Waals surface area (Å²) in [4.78, 5) is 10.6. The van der Waals surface area contributed by atoms with Gasteiger partial charge in [-0.1, -0.05) is 159 Å². The minimum Gasteiger partial charge on any atom is -0.457 e. The summed E-state index contributed by atoms with van der Waals surface area (Å²) in [6.45, 7) is -0.830. The molecule has 9 aromatic carbocycles. The molecule has 0 aliphatic carbocycles. The van der Waals surface area contributed by atoms with E-state index in [2.05, 4.69) is 146 Å². The van der Waals surface area contributed by atoms with Gasteiger partial charge in [0, 0.05) is 30.5 Å². The first-order valence-electron chi connectivity index (χ1n) is 26.3. The van der Waals surface area contributed by atoms with Crippen LogP contribution < -0.4 is 25.5 Å². The van der Waals surface area contributed by atoms with Gasteiger partial charge in [0.05, 0.1) is 49.8 Å². The van der Waals surface area contributed by atoms with E-state index in [1.165, 1.54) is 0 Å². The van der Waals surface area contributed by atoms with Gasteiger partial charge >= 0.3 is 0 Å². The monoisotopic (exact) mass is 912 g/mol. The third kappa shape index (κ3) is 5.43. The number of imidazole rings is 4. The number of benzene rings is 9. The maximum absolute atomic E-state index is 9.11. The molecule has 1 aliphatic rings. The standard InChI is InChI=1S/C61H46N6OSi/c1-39-20-17-33-52-56(39)62-60-65(49-30-13-14-31-50(49)66(52)60)42-36-40(2)57-53(38-42)67-51-32-15-12-29-48(51)64(59(67)63-57)41-21-18-26-45(37-41)69(43-22-7-5-8-23-43,44-24-9-6-10-25-44)55-35-19-28-47-58(55)68-54-34-16-11-27-46(54)61(47,3)4/h5-38H,1-4H3/i1D3,3D3. The number of aryl methyl sites for hydroxylation is 2. The largest absolute Gasteiger partial charge is 0.457 e. The Morgan fingerprint density at radius 3 is 1.72 bits per heavy atom. The first-order valence-corrected chi connectivity index (χ1v) is 25.3. The molecule has 0 amide bonds. The van der Waals surface area contributed by atoms with Crippen LogP contribution in [0.3, 0.4) is 0 Å². The van der Waals surface area contributed by atoms with Gasteiger partial charge in [-0.05, 0) is 106 Å². The van der Waals surface area contributed by atoms with Gasteiger partial charge in [0.25, 0.3) is 0 Å². The van der Waals surface area contributed by atoms with Crippen LogP contribution in [-0.4, -0.2) is 36.0 Å². The zero-order valence-electron chi connectivity index (χ0n) is 43.7. The summed E-state index contributed by atoms with van der Waals surface area (Å²) in [6, 6.07) is 69.8. The summed E-state index contributed by atoms with van der Waals surface area (Å²) in [6.07, 6.45) is 0. The number of rotatable bonds is 6. The van der Waals surface area contributed by atoms with Crippen LogP contribution in [0.2, 0.25) is 0 Å². The van der Waals surface area contributed by atoms with Crippen LogP contribution in [-0.2, 0) is 5.41 Å². The Kier molecular flexibility index (Phi) is 7.14. The molecule has 0 fully saturated rings. The van der Waals surface area contributed by atoms with E-state index in [-0.39, 0.29) is 5.56 Å². The molecule has 4 aromatic heterocycles. The van der Waals surface area contributed by atoms with Crippen LogP contribution in [0.5, 0.6) is 11.5 Å². The lowest BCUT2D eigenvalue weighted by Gasteiger charge is -2.40. The molecular weight excluding hydrogens is 861 g/mol. The fourth-order valence-corrected chi connectivity index (χ4v) is 16.4. The predicted molar refractivity (Wildman–Crippen MR) is 284 cm³/mol. The summed E-state index contributed by atoms with van der Waals surface area (Å²) in [5.41, 5.74) is 9.56. The molecule has 7 nitrogen and oxygen atoms in total. The normalized spacial score (nSPS) is 16.5. The van der Waals surface area contributed by atoms with Crippen molar-refractivity contribution in [1.29, 1.82) is 0 Å². The average molecular weight is 913 g/mol. The maximum Gasteiger partial charge on any atom is 0.220 e. The Morgan fingerprint density at radius 2 is 1.03 bits per heavy atom. The molecule has 8 heteroatoms. The van der Waals surface area contributed by atoms with E-state index in [0.29, 0.717) is 33.9 Å². The van der Waals surface area contributed by atoms with E-state index in [4.69, 9.17) is 22.9 Å². The molecule has 13 aromatic rings. The molecule has 14 rings (SSSR count). The molecule has 69 heavy (non-hydrogen) atoms.